The van der Waals surface area contributed by atoms with E-state index >= 15 is 0 Å². The molecule has 0 radical (unpaired) electrons. The summed E-state index contributed by atoms with van der Waals surface area (Å²) in [5.74, 6) is 1.30. The van der Waals surface area contributed by atoms with Gasteiger partial charge in [-0.25, -0.2) is 9.79 Å². The summed E-state index contributed by atoms with van der Waals surface area (Å²) in [6, 6.07) is 16.1. The van der Waals surface area contributed by atoms with Gasteiger partial charge in [-0.15, -0.1) is 0 Å². The molecule has 1 aliphatic heterocycles. The Morgan fingerprint density at radius 1 is 1.09 bits per heavy atom. The van der Waals surface area contributed by atoms with Gasteiger partial charge in [-0.05, 0) is 132 Å². The van der Waals surface area contributed by atoms with Gasteiger partial charge in [-0.1, -0.05) is 41.1 Å². The van der Waals surface area contributed by atoms with Gasteiger partial charge in [0.15, 0.2) is 16.3 Å². The number of esters is 1. The highest BCUT2D eigenvalue weighted by Crippen LogP contribution is 2.37. The zero-order valence-electron chi connectivity index (χ0n) is 25.7. The number of halogens is 3. The van der Waals surface area contributed by atoms with Crippen LogP contribution in [0.3, 0.4) is 0 Å². The predicted octanol–water partition coefficient (Wildman–Crippen LogP) is 7.04. The number of fused-ring (bicyclic) bond motifs is 1. The van der Waals surface area contributed by atoms with Gasteiger partial charge in [0.1, 0.15) is 12.4 Å². The minimum absolute atomic E-state index is 0.0649. The van der Waals surface area contributed by atoms with E-state index in [2.05, 4.69) is 50.2 Å². The van der Waals surface area contributed by atoms with Crippen molar-refractivity contribution in [1.82, 2.24) is 4.57 Å². The average Bonchev–Trinajstić information content (AvgIpc) is 3.30. The molecule has 12 heteroatoms. The fraction of sp³-hybridized carbons (Fsp3) is 0.265. The van der Waals surface area contributed by atoms with Crippen molar-refractivity contribution >= 4 is 80.2 Å². The summed E-state index contributed by atoms with van der Waals surface area (Å²) < 4.78 is 27.0. The normalized spacial score (nSPS) is 14.6. The van der Waals surface area contributed by atoms with Gasteiger partial charge >= 0.3 is 5.97 Å². The third-order valence-corrected chi connectivity index (χ3v) is 9.84. The number of hydrogen-bond donors (Lipinski definition) is 0. The number of nitrogens with zero attached hydrogens (tertiary/aromatic N) is 2. The van der Waals surface area contributed by atoms with E-state index in [0.29, 0.717) is 49.3 Å². The highest BCUT2D eigenvalue weighted by Gasteiger charge is 2.34. The second kappa shape index (κ2) is 14.9. The van der Waals surface area contributed by atoms with Crippen LogP contribution in [0, 0.1) is 7.14 Å². The number of benzene rings is 3. The number of ether oxygens (including phenoxy) is 4. The molecule has 0 bridgehead atoms. The first-order valence-corrected chi connectivity index (χ1v) is 17.8. The summed E-state index contributed by atoms with van der Waals surface area (Å²) >= 11 is 11.8. The smallest absolute Gasteiger partial charge is 0.338 e. The van der Waals surface area contributed by atoms with Crippen LogP contribution in [0.4, 0.5) is 0 Å². The van der Waals surface area contributed by atoms with Crippen molar-refractivity contribution in [3.63, 3.8) is 0 Å². The molecule has 1 aromatic heterocycles. The Balaban J connectivity index is 1.57. The van der Waals surface area contributed by atoms with Gasteiger partial charge in [0.2, 0.25) is 0 Å². The van der Waals surface area contributed by atoms with Gasteiger partial charge in [0.25, 0.3) is 5.56 Å². The minimum Gasteiger partial charge on any atom is -0.493 e. The summed E-state index contributed by atoms with van der Waals surface area (Å²) in [4.78, 5) is 32.6. The monoisotopic (exact) mass is 884 g/mol. The highest BCUT2D eigenvalue weighted by molar-refractivity contribution is 14.1. The quantitative estimate of drug-likeness (QED) is 0.126. The Bertz CT molecular complexity index is 1980. The molecule has 0 aliphatic carbocycles. The highest BCUT2D eigenvalue weighted by atomic mass is 127. The largest absolute Gasteiger partial charge is 0.493 e. The molecule has 2 heterocycles. The van der Waals surface area contributed by atoms with E-state index in [1.807, 2.05) is 62.4 Å². The fourth-order valence-electron chi connectivity index (χ4n) is 5.00. The van der Waals surface area contributed by atoms with E-state index in [0.717, 1.165) is 24.0 Å². The van der Waals surface area contributed by atoms with E-state index in [1.165, 1.54) is 11.3 Å². The molecular formula is C34H31ClI2N2O6S. The van der Waals surface area contributed by atoms with Crippen molar-refractivity contribution in [1.29, 1.82) is 0 Å². The Morgan fingerprint density at radius 2 is 1.78 bits per heavy atom. The van der Waals surface area contributed by atoms with Gasteiger partial charge < -0.3 is 18.9 Å². The Labute approximate surface area is 303 Å². The van der Waals surface area contributed by atoms with Crippen LogP contribution in [-0.2, 0) is 16.1 Å². The van der Waals surface area contributed by atoms with Crippen LogP contribution >= 0.6 is 68.1 Å². The lowest BCUT2D eigenvalue weighted by Crippen LogP contribution is -2.40. The van der Waals surface area contributed by atoms with Crippen LogP contribution in [-0.4, -0.2) is 30.4 Å². The first kappa shape index (κ1) is 34.5. The lowest BCUT2D eigenvalue weighted by Gasteiger charge is -2.25. The average molecular weight is 885 g/mol. The maximum Gasteiger partial charge on any atom is 0.338 e. The number of thiazole rings is 1. The topological polar surface area (TPSA) is 88.4 Å². The second-order valence-electron chi connectivity index (χ2n) is 10.6. The Hall–Kier alpha value is -2.88. The number of carbonyl (C=O) groups excluding carboxylic acids is 1. The number of carbonyl (C=O) groups is 1. The van der Waals surface area contributed by atoms with Crippen molar-refractivity contribution in [2.24, 2.45) is 4.99 Å². The fourth-order valence-corrected chi connectivity index (χ4v) is 8.30. The van der Waals surface area contributed by atoms with Crippen LogP contribution in [0.15, 0.2) is 75.7 Å². The van der Waals surface area contributed by atoms with Crippen LogP contribution < -0.4 is 29.1 Å². The first-order chi connectivity index (χ1) is 22.0. The summed E-state index contributed by atoms with van der Waals surface area (Å²) in [5, 5.41) is 0.676. The lowest BCUT2D eigenvalue weighted by atomic mass is 9.95. The Kier molecular flexibility index (Phi) is 11.2. The molecular weight excluding hydrogens is 854 g/mol. The number of aromatic nitrogens is 1. The predicted molar refractivity (Wildman–Crippen MR) is 197 cm³/mol. The number of rotatable bonds is 10. The van der Waals surface area contributed by atoms with Crippen molar-refractivity contribution in [2.45, 2.75) is 46.4 Å². The molecule has 3 aromatic carbocycles. The van der Waals surface area contributed by atoms with Crippen molar-refractivity contribution in [3.8, 4) is 17.2 Å². The minimum atomic E-state index is -0.775. The summed E-state index contributed by atoms with van der Waals surface area (Å²) in [7, 11) is 1.56. The Morgan fingerprint density at radius 3 is 2.41 bits per heavy atom. The van der Waals surface area contributed by atoms with E-state index < -0.39 is 12.0 Å². The number of methoxy groups -OCH3 is 1. The molecule has 8 nitrogen and oxygen atoms in total. The van der Waals surface area contributed by atoms with Crippen LogP contribution in [0.5, 0.6) is 17.2 Å². The van der Waals surface area contributed by atoms with Crippen LogP contribution in [0.1, 0.15) is 50.4 Å². The summed E-state index contributed by atoms with van der Waals surface area (Å²) in [6.07, 6.45) is 1.78. The molecule has 0 fully saturated rings. The van der Waals surface area contributed by atoms with E-state index in [4.69, 9.17) is 30.5 Å². The van der Waals surface area contributed by atoms with Crippen molar-refractivity contribution in [3.05, 3.63) is 114 Å². The van der Waals surface area contributed by atoms with Crippen molar-refractivity contribution < 1.29 is 23.7 Å². The molecule has 46 heavy (non-hydrogen) atoms. The van der Waals surface area contributed by atoms with Gasteiger partial charge in [-0.3, -0.25) is 9.36 Å². The summed E-state index contributed by atoms with van der Waals surface area (Å²) in [5.41, 5.74) is 3.04. The number of allylic oxidation sites excluding steroid dienone is 1. The van der Waals surface area contributed by atoms with Gasteiger partial charge in [0.05, 0.1) is 48.8 Å². The molecule has 0 saturated heterocycles. The zero-order chi connectivity index (χ0) is 33.1. The van der Waals surface area contributed by atoms with E-state index in [9.17, 15) is 9.59 Å². The molecule has 0 N–H and O–H groups in total. The van der Waals surface area contributed by atoms with Crippen LogP contribution in [0.2, 0.25) is 5.02 Å². The maximum absolute atomic E-state index is 14.1. The second-order valence-corrected chi connectivity index (χ2v) is 14.4. The maximum atomic E-state index is 14.1. The molecule has 4 aromatic rings. The molecule has 0 unspecified atom stereocenters. The van der Waals surface area contributed by atoms with Gasteiger partial charge in [0, 0.05) is 5.02 Å². The lowest BCUT2D eigenvalue weighted by molar-refractivity contribution is -0.139. The molecule has 5 rings (SSSR count). The molecule has 0 saturated carbocycles. The SMILES string of the molecule is CCOC(=O)C1=C(C)N=c2s/c(=C\c3cc(I)c(OCc4ccc(Cl)cc4)c(I)c3)c(=O)n2[C@@H]1c1ccc(OC(C)C)c(OC)c1. The van der Waals surface area contributed by atoms with Crippen LogP contribution in [0.25, 0.3) is 6.08 Å². The molecule has 240 valence electrons. The van der Waals surface area contributed by atoms with Crippen molar-refractivity contribution in [2.75, 3.05) is 13.7 Å². The van der Waals surface area contributed by atoms with E-state index in [1.54, 1.807) is 37.7 Å². The van der Waals surface area contributed by atoms with Gasteiger partial charge in [-0.2, -0.15) is 0 Å². The third kappa shape index (κ3) is 7.47. The molecule has 1 aliphatic rings. The molecule has 1 atom stereocenters. The summed E-state index contributed by atoms with van der Waals surface area (Å²) in [6.45, 7) is 7.96. The number of hydrogen-bond acceptors (Lipinski definition) is 8. The van der Waals surface area contributed by atoms with E-state index in [-0.39, 0.29) is 18.3 Å². The standard InChI is InChI=1S/C34H31ClI2N2O6S/c1-6-43-33(41)29-19(4)38-34-39(30(29)22-9-12-26(45-18(2)3)27(16-22)42-5)32(40)28(46-34)15-21-13-24(36)31(25(37)14-21)44-17-20-7-10-23(35)11-8-20/h7-16,18,30H,6,17H2,1-5H3/b28-15-/t30-/m1/s1. The zero-order valence-corrected chi connectivity index (χ0v) is 31.6. The third-order valence-electron chi connectivity index (χ3n) is 7.00. The molecule has 0 amide bonds. The molecule has 0 spiro atoms. The first-order valence-electron chi connectivity index (χ1n) is 14.4.